The Kier molecular flexibility index (Phi) is 4.76. The van der Waals surface area contributed by atoms with Crippen LogP contribution in [0.25, 0.3) is 0 Å². The van der Waals surface area contributed by atoms with Gasteiger partial charge >= 0.3 is 0 Å². The van der Waals surface area contributed by atoms with Crippen LogP contribution in [0.15, 0.2) is 36.7 Å². The highest BCUT2D eigenvalue weighted by Gasteiger charge is 2.15. The summed E-state index contributed by atoms with van der Waals surface area (Å²) < 4.78 is 1.95. The predicted octanol–water partition coefficient (Wildman–Crippen LogP) is 1.91. The Hall–Kier alpha value is -1.85. The topological polar surface area (TPSA) is 59.1 Å². The Bertz CT molecular complexity index is 547. The average Bonchev–Trinajstić information content (AvgIpc) is 2.89. The molecule has 5 heteroatoms. The minimum atomic E-state index is -0.0412. The van der Waals surface area contributed by atoms with Crippen LogP contribution in [-0.4, -0.2) is 23.9 Å². The first-order valence-corrected chi connectivity index (χ1v) is 6.91. The second-order valence-corrected chi connectivity index (χ2v) is 5.13. The molecule has 1 aromatic carbocycles. The van der Waals surface area contributed by atoms with E-state index in [9.17, 15) is 0 Å². The lowest BCUT2D eigenvalue weighted by Crippen LogP contribution is -2.28. The number of nitrogens with one attached hydrogen (secondary N) is 1. The van der Waals surface area contributed by atoms with Crippen LogP contribution < -0.4 is 16.2 Å². The van der Waals surface area contributed by atoms with Gasteiger partial charge in [0.2, 0.25) is 0 Å². The smallest absolute Gasteiger partial charge is 0.0741 e. The molecular weight excluding hydrogens is 250 g/mol. The maximum Gasteiger partial charge on any atom is 0.0741 e. The monoisotopic (exact) mass is 273 g/mol. The molecule has 1 heterocycles. The first-order chi connectivity index (χ1) is 9.65. The lowest BCUT2D eigenvalue weighted by atomic mass is 10.0. The molecule has 0 bridgehead atoms. The number of rotatable bonds is 6. The van der Waals surface area contributed by atoms with Crippen LogP contribution in [0.3, 0.4) is 0 Å². The number of aryl methyl sites for hydroxylation is 1. The van der Waals surface area contributed by atoms with Crippen molar-refractivity contribution in [1.29, 1.82) is 0 Å². The SMILES string of the molecule is CCCn1cc(C(NN)c2cccc(N(C)C)c2)cn1. The molecule has 20 heavy (non-hydrogen) atoms. The number of benzene rings is 1. The summed E-state index contributed by atoms with van der Waals surface area (Å²) in [7, 11) is 4.06. The highest BCUT2D eigenvalue weighted by atomic mass is 15.3. The fourth-order valence-electron chi connectivity index (χ4n) is 2.25. The second kappa shape index (κ2) is 6.54. The van der Waals surface area contributed by atoms with Crippen LogP contribution >= 0.6 is 0 Å². The summed E-state index contributed by atoms with van der Waals surface area (Å²) in [5.41, 5.74) is 6.26. The molecule has 1 atom stereocenters. The molecular formula is C15H23N5. The molecule has 0 fully saturated rings. The molecule has 0 aliphatic carbocycles. The fraction of sp³-hybridized carbons (Fsp3) is 0.400. The number of anilines is 1. The Morgan fingerprint density at radius 1 is 1.35 bits per heavy atom. The summed E-state index contributed by atoms with van der Waals surface area (Å²) in [6.07, 6.45) is 5.00. The van der Waals surface area contributed by atoms with E-state index in [4.69, 9.17) is 5.84 Å². The number of hydrogen-bond donors (Lipinski definition) is 2. The number of nitrogens with zero attached hydrogens (tertiary/aromatic N) is 3. The summed E-state index contributed by atoms with van der Waals surface area (Å²) in [6.45, 7) is 3.07. The highest BCUT2D eigenvalue weighted by Crippen LogP contribution is 2.24. The highest BCUT2D eigenvalue weighted by molar-refractivity contribution is 5.49. The molecule has 108 valence electrons. The van der Waals surface area contributed by atoms with Crippen molar-refractivity contribution in [3.8, 4) is 0 Å². The minimum Gasteiger partial charge on any atom is -0.378 e. The van der Waals surface area contributed by atoms with Gasteiger partial charge in [-0.25, -0.2) is 5.43 Å². The van der Waals surface area contributed by atoms with E-state index < -0.39 is 0 Å². The van der Waals surface area contributed by atoms with E-state index in [0.29, 0.717) is 0 Å². The average molecular weight is 273 g/mol. The van der Waals surface area contributed by atoms with E-state index in [-0.39, 0.29) is 6.04 Å². The van der Waals surface area contributed by atoms with Gasteiger partial charge in [-0.15, -0.1) is 0 Å². The van der Waals surface area contributed by atoms with Crippen LogP contribution in [0.1, 0.15) is 30.5 Å². The van der Waals surface area contributed by atoms with E-state index in [1.807, 2.05) is 31.0 Å². The van der Waals surface area contributed by atoms with Gasteiger partial charge in [-0.2, -0.15) is 5.10 Å². The lowest BCUT2D eigenvalue weighted by Gasteiger charge is -2.18. The molecule has 1 unspecified atom stereocenters. The number of hydrogen-bond acceptors (Lipinski definition) is 4. The number of nitrogens with two attached hydrogens (primary N) is 1. The first kappa shape index (κ1) is 14.6. The predicted molar refractivity (Wildman–Crippen MR) is 82.5 cm³/mol. The van der Waals surface area contributed by atoms with Gasteiger partial charge in [0.05, 0.1) is 12.2 Å². The Morgan fingerprint density at radius 2 is 2.15 bits per heavy atom. The van der Waals surface area contributed by atoms with E-state index >= 15 is 0 Å². The Labute approximate surface area is 120 Å². The molecule has 0 saturated heterocycles. The van der Waals surface area contributed by atoms with Crippen LogP contribution in [0.5, 0.6) is 0 Å². The molecule has 1 aromatic heterocycles. The second-order valence-electron chi connectivity index (χ2n) is 5.13. The van der Waals surface area contributed by atoms with E-state index in [0.717, 1.165) is 29.8 Å². The number of hydrazine groups is 1. The fourth-order valence-corrected chi connectivity index (χ4v) is 2.25. The maximum absolute atomic E-state index is 5.75. The molecule has 0 saturated carbocycles. The van der Waals surface area contributed by atoms with Crippen molar-refractivity contribution in [1.82, 2.24) is 15.2 Å². The molecule has 3 N–H and O–H groups in total. The van der Waals surface area contributed by atoms with E-state index in [2.05, 4.69) is 46.7 Å². The van der Waals surface area contributed by atoms with Crippen molar-refractivity contribution >= 4 is 5.69 Å². The summed E-state index contributed by atoms with van der Waals surface area (Å²) in [4.78, 5) is 2.08. The van der Waals surface area contributed by atoms with Gasteiger partial charge in [0, 0.05) is 38.1 Å². The summed E-state index contributed by atoms with van der Waals surface area (Å²) in [5.74, 6) is 5.75. The van der Waals surface area contributed by atoms with E-state index in [1.165, 1.54) is 0 Å². The van der Waals surface area contributed by atoms with Crippen LogP contribution in [0.4, 0.5) is 5.69 Å². The molecule has 0 amide bonds. The third kappa shape index (κ3) is 3.18. The Balaban J connectivity index is 2.28. The Morgan fingerprint density at radius 3 is 2.80 bits per heavy atom. The third-order valence-corrected chi connectivity index (χ3v) is 3.33. The van der Waals surface area contributed by atoms with E-state index in [1.54, 1.807) is 0 Å². The zero-order valence-corrected chi connectivity index (χ0v) is 12.4. The van der Waals surface area contributed by atoms with Crippen molar-refractivity contribution in [2.75, 3.05) is 19.0 Å². The van der Waals surface area contributed by atoms with Gasteiger partial charge in [0.25, 0.3) is 0 Å². The largest absolute Gasteiger partial charge is 0.378 e. The lowest BCUT2D eigenvalue weighted by molar-refractivity contribution is 0.598. The number of aromatic nitrogens is 2. The minimum absolute atomic E-state index is 0.0412. The van der Waals surface area contributed by atoms with Crippen molar-refractivity contribution in [3.05, 3.63) is 47.8 Å². The molecule has 5 nitrogen and oxygen atoms in total. The van der Waals surface area contributed by atoms with Gasteiger partial charge in [0.15, 0.2) is 0 Å². The standard InChI is InChI=1S/C15H23N5/c1-4-8-20-11-13(10-17-20)15(18-16)12-6-5-7-14(9-12)19(2)3/h5-7,9-11,15,18H,4,8,16H2,1-3H3. The quantitative estimate of drug-likeness (QED) is 0.623. The maximum atomic E-state index is 5.75. The van der Waals surface area contributed by atoms with Crippen molar-refractivity contribution in [2.45, 2.75) is 25.9 Å². The molecule has 0 spiro atoms. The molecule has 2 aromatic rings. The zero-order valence-electron chi connectivity index (χ0n) is 12.4. The zero-order chi connectivity index (χ0) is 14.5. The van der Waals surface area contributed by atoms with Gasteiger partial charge in [-0.3, -0.25) is 10.5 Å². The first-order valence-electron chi connectivity index (χ1n) is 6.91. The molecule has 2 rings (SSSR count). The van der Waals surface area contributed by atoms with Gasteiger partial charge in [0.1, 0.15) is 0 Å². The summed E-state index contributed by atoms with van der Waals surface area (Å²) in [6, 6.07) is 8.31. The molecule has 0 radical (unpaired) electrons. The normalized spacial score (nSPS) is 12.4. The molecule has 0 aliphatic rings. The van der Waals surface area contributed by atoms with Crippen LogP contribution in [0, 0.1) is 0 Å². The van der Waals surface area contributed by atoms with Gasteiger partial charge in [-0.05, 0) is 24.1 Å². The summed E-state index contributed by atoms with van der Waals surface area (Å²) in [5, 5.41) is 4.37. The van der Waals surface area contributed by atoms with Gasteiger partial charge < -0.3 is 4.90 Å². The van der Waals surface area contributed by atoms with Crippen molar-refractivity contribution < 1.29 is 0 Å². The molecule has 0 aliphatic heterocycles. The third-order valence-electron chi connectivity index (χ3n) is 3.33. The van der Waals surface area contributed by atoms with Crippen LogP contribution in [-0.2, 0) is 6.54 Å². The van der Waals surface area contributed by atoms with Crippen molar-refractivity contribution in [2.24, 2.45) is 5.84 Å². The van der Waals surface area contributed by atoms with Crippen LogP contribution in [0.2, 0.25) is 0 Å². The summed E-state index contributed by atoms with van der Waals surface area (Å²) >= 11 is 0. The van der Waals surface area contributed by atoms with Crippen molar-refractivity contribution in [3.63, 3.8) is 0 Å². The van der Waals surface area contributed by atoms with Gasteiger partial charge in [-0.1, -0.05) is 19.1 Å².